The summed E-state index contributed by atoms with van der Waals surface area (Å²) in [6.45, 7) is 3.20. The van der Waals surface area contributed by atoms with Crippen LogP contribution in [0.25, 0.3) is 0 Å². The van der Waals surface area contributed by atoms with E-state index in [1.807, 2.05) is 11.0 Å². The number of alkyl halides is 3. The molecule has 4 rings (SSSR count). The van der Waals surface area contributed by atoms with Gasteiger partial charge in [-0.25, -0.2) is 0 Å². The second-order valence-electron chi connectivity index (χ2n) is 8.08. The van der Waals surface area contributed by atoms with E-state index in [1.165, 1.54) is 6.07 Å². The van der Waals surface area contributed by atoms with Crippen LogP contribution in [0.15, 0.2) is 42.5 Å². The summed E-state index contributed by atoms with van der Waals surface area (Å²) in [5.74, 6) is 0.317. The van der Waals surface area contributed by atoms with Gasteiger partial charge in [-0.2, -0.15) is 13.2 Å². The Morgan fingerprint density at radius 2 is 1.76 bits per heavy atom. The minimum Gasteiger partial charge on any atom is -0.485 e. The van der Waals surface area contributed by atoms with Gasteiger partial charge in [0.25, 0.3) is 5.91 Å². The number of nitrogens with one attached hydrogen (secondary N) is 1. The lowest BCUT2D eigenvalue weighted by Crippen LogP contribution is -2.57. The standard InChI is InChI=1S/C23H23ClF3N3O4/c1-14(21(31)28-17-7-6-15(24)12-16(17)23(25,26)27)29-8-10-30(11-9-29)22(32)20-13-33-18-4-2-3-5-19(18)34-20/h2-7,12,14,20H,8-11,13H2,1H3,(H,28,31)/t14-,20+/m1/s1. The molecule has 0 aliphatic carbocycles. The van der Waals surface area contributed by atoms with Gasteiger partial charge >= 0.3 is 6.18 Å². The molecule has 7 nitrogen and oxygen atoms in total. The lowest BCUT2D eigenvalue weighted by Gasteiger charge is -2.39. The highest BCUT2D eigenvalue weighted by molar-refractivity contribution is 6.30. The first kappa shape index (κ1) is 24.2. The van der Waals surface area contributed by atoms with E-state index in [9.17, 15) is 22.8 Å². The Morgan fingerprint density at radius 3 is 2.44 bits per heavy atom. The van der Waals surface area contributed by atoms with Crippen LogP contribution in [0.2, 0.25) is 5.02 Å². The fourth-order valence-corrected chi connectivity index (χ4v) is 4.11. The number of anilines is 1. The van der Waals surface area contributed by atoms with Crippen molar-refractivity contribution < 1.29 is 32.2 Å². The zero-order valence-corrected chi connectivity index (χ0v) is 19.0. The normalized spacial score (nSPS) is 19.4. The average Bonchev–Trinajstić information content (AvgIpc) is 2.83. The number of benzene rings is 2. The van der Waals surface area contributed by atoms with Crippen LogP contribution >= 0.6 is 11.6 Å². The smallest absolute Gasteiger partial charge is 0.418 e. The van der Waals surface area contributed by atoms with Crippen molar-refractivity contribution in [3.05, 3.63) is 53.1 Å². The van der Waals surface area contributed by atoms with Gasteiger partial charge in [0.1, 0.15) is 6.61 Å². The number of ether oxygens (including phenoxy) is 2. The van der Waals surface area contributed by atoms with E-state index in [4.69, 9.17) is 21.1 Å². The predicted octanol–water partition coefficient (Wildman–Crippen LogP) is 3.67. The number of carbonyl (C=O) groups is 2. The molecule has 0 saturated carbocycles. The second-order valence-corrected chi connectivity index (χ2v) is 8.51. The summed E-state index contributed by atoms with van der Waals surface area (Å²) in [5, 5.41) is 2.29. The molecule has 2 aromatic rings. The molecule has 11 heteroatoms. The van der Waals surface area contributed by atoms with Crippen LogP contribution in [0.5, 0.6) is 11.5 Å². The maximum atomic E-state index is 13.3. The van der Waals surface area contributed by atoms with E-state index >= 15 is 0 Å². The van der Waals surface area contributed by atoms with Crippen LogP contribution in [-0.4, -0.2) is 66.5 Å². The van der Waals surface area contributed by atoms with Gasteiger partial charge in [-0.05, 0) is 37.3 Å². The summed E-state index contributed by atoms with van der Waals surface area (Å²) in [4.78, 5) is 29.0. The molecule has 2 amide bonds. The molecule has 0 aromatic heterocycles. The van der Waals surface area contributed by atoms with Crippen molar-refractivity contribution in [3.63, 3.8) is 0 Å². The van der Waals surface area contributed by atoms with Crippen molar-refractivity contribution in [1.29, 1.82) is 0 Å². The van der Waals surface area contributed by atoms with Gasteiger partial charge in [0.05, 0.1) is 17.3 Å². The van der Waals surface area contributed by atoms with Crippen LogP contribution in [0.1, 0.15) is 12.5 Å². The largest absolute Gasteiger partial charge is 0.485 e. The Morgan fingerprint density at radius 1 is 1.09 bits per heavy atom. The average molecular weight is 498 g/mol. The quantitative estimate of drug-likeness (QED) is 0.698. The van der Waals surface area contributed by atoms with Gasteiger partial charge in [-0.3, -0.25) is 14.5 Å². The summed E-state index contributed by atoms with van der Waals surface area (Å²) < 4.78 is 51.3. The van der Waals surface area contributed by atoms with E-state index < -0.39 is 29.8 Å². The molecule has 34 heavy (non-hydrogen) atoms. The highest BCUT2D eigenvalue weighted by Gasteiger charge is 2.36. The van der Waals surface area contributed by atoms with Crippen molar-refractivity contribution in [2.75, 3.05) is 38.1 Å². The number of fused-ring (bicyclic) bond motifs is 1. The molecule has 0 radical (unpaired) electrons. The van der Waals surface area contributed by atoms with Crippen LogP contribution in [0, 0.1) is 0 Å². The Bertz CT molecular complexity index is 1070. The van der Waals surface area contributed by atoms with Gasteiger partial charge < -0.3 is 19.7 Å². The zero-order valence-electron chi connectivity index (χ0n) is 18.3. The summed E-state index contributed by atoms with van der Waals surface area (Å²) in [6.07, 6.45) is -5.42. The van der Waals surface area contributed by atoms with E-state index in [2.05, 4.69) is 5.32 Å². The Hall–Kier alpha value is -2.98. The molecule has 1 N–H and O–H groups in total. The van der Waals surface area contributed by atoms with Crippen LogP contribution in [0.4, 0.5) is 18.9 Å². The molecular weight excluding hydrogens is 475 g/mol. The summed E-state index contributed by atoms with van der Waals surface area (Å²) in [5.41, 5.74) is -1.36. The van der Waals surface area contributed by atoms with Gasteiger partial charge in [-0.15, -0.1) is 0 Å². The molecular formula is C23H23ClF3N3O4. The molecule has 1 saturated heterocycles. The molecule has 0 bridgehead atoms. The number of hydrogen-bond acceptors (Lipinski definition) is 5. The summed E-state index contributed by atoms with van der Waals surface area (Å²) >= 11 is 5.69. The maximum Gasteiger partial charge on any atom is 0.418 e. The highest BCUT2D eigenvalue weighted by atomic mass is 35.5. The highest BCUT2D eigenvalue weighted by Crippen LogP contribution is 2.36. The minimum atomic E-state index is -4.66. The molecule has 182 valence electrons. The van der Waals surface area contributed by atoms with E-state index in [0.717, 1.165) is 12.1 Å². The third-order valence-corrected chi connectivity index (χ3v) is 6.12. The first-order valence-corrected chi connectivity index (χ1v) is 11.1. The van der Waals surface area contributed by atoms with E-state index in [0.29, 0.717) is 37.7 Å². The number of nitrogens with zero attached hydrogens (tertiary/aromatic N) is 2. The summed E-state index contributed by atoms with van der Waals surface area (Å²) in [6, 6.07) is 9.62. The first-order chi connectivity index (χ1) is 16.1. The Labute approximate surface area is 199 Å². The monoisotopic (exact) mass is 497 g/mol. The molecule has 0 spiro atoms. The van der Waals surface area contributed by atoms with Crippen LogP contribution < -0.4 is 14.8 Å². The second kappa shape index (κ2) is 9.71. The van der Waals surface area contributed by atoms with E-state index in [-0.39, 0.29) is 23.2 Å². The molecule has 2 aromatic carbocycles. The molecule has 1 fully saturated rings. The fourth-order valence-electron chi connectivity index (χ4n) is 3.94. The SMILES string of the molecule is C[C@H](C(=O)Nc1ccc(Cl)cc1C(F)(F)F)N1CCN(C(=O)[C@@H]2COc3ccccc3O2)CC1. The molecule has 2 aliphatic heterocycles. The van der Waals surface area contributed by atoms with Crippen molar-refractivity contribution in [2.45, 2.75) is 25.2 Å². The van der Waals surface area contributed by atoms with Gasteiger partial charge in [0.2, 0.25) is 12.0 Å². The van der Waals surface area contributed by atoms with Crippen molar-refractivity contribution in [2.24, 2.45) is 0 Å². The topological polar surface area (TPSA) is 71.1 Å². The van der Waals surface area contributed by atoms with Crippen molar-refractivity contribution >= 4 is 29.1 Å². The molecule has 2 atom stereocenters. The lowest BCUT2D eigenvalue weighted by atomic mass is 10.1. The lowest BCUT2D eigenvalue weighted by molar-refractivity contribution is -0.143. The van der Waals surface area contributed by atoms with Crippen molar-refractivity contribution in [3.8, 4) is 11.5 Å². The number of amides is 2. The third kappa shape index (κ3) is 5.23. The van der Waals surface area contributed by atoms with Crippen LogP contribution in [-0.2, 0) is 15.8 Å². The molecule has 0 unspecified atom stereocenters. The van der Waals surface area contributed by atoms with Gasteiger partial charge in [0, 0.05) is 31.2 Å². The first-order valence-electron chi connectivity index (χ1n) is 10.7. The molecule has 2 heterocycles. The maximum absolute atomic E-state index is 13.3. The van der Waals surface area contributed by atoms with Gasteiger partial charge in [0.15, 0.2) is 11.5 Å². The van der Waals surface area contributed by atoms with E-state index in [1.54, 1.807) is 30.0 Å². The number of carbonyl (C=O) groups excluding carboxylic acids is 2. The molecule has 2 aliphatic rings. The van der Waals surface area contributed by atoms with Gasteiger partial charge in [-0.1, -0.05) is 23.7 Å². The predicted molar refractivity (Wildman–Crippen MR) is 119 cm³/mol. The Kier molecular flexibility index (Phi) is 6.90. The van der Waals surface area contributed by atoms with Crippen LogP contribution in [0.3, 0.4) is 0 Å². The number of rotatable bonds is 4. The number of hydrogen-bond donors (Lipinski definition) is 1. The Balaban J connectivity index is 1.33. The van der Waals surface area contributed by atoms with Crippen molar-refractivity contribution in [1.82, 2.24) is 9.80 Å². The summed E-state index contributed by atoms with van der Waals surface area (Å²) in [7, 11) is 0. The zero-order chi connectivity index (χ0) is 24.5. The number of para-hydroxylation sites is 2. The third-order valence-electron chi connectivity index (χ3n) is 5.88. The minimum absolute atomic E-state index is 0.0741. The number of halogens is 4. The fraction of sp³-hybridized carbons (Fsp3) is 0.391. The number of piperazine rings is 1.